The number of carboxylic acid groups (broad SMARTS) is 1. The standard InChI is InChI=1S/C18H28N2O4.C16H24N2O4.Li.H2O2/c1-4-24-18(22)16(11-14(2)3)20-13-15(5-6-17(20)21)12-19-7-9-23-10-8-19;1-12(2)9-14(16(20)21)18-11-13(3-4-15(18)19)10-17-5-7-22-8-6-17;;1-2/h5-6,13-14,16H,4,7-12H2,1-3H3;3-4,11-12,14H,5-10H2,1-2H3,(H,20,21);;1-2H/q;;+1;/p-1. The number of hydrogen-bond acceptors (Lipinski definition) is 11. The summed E-state index contributed by atoms with van der Waals surface area (Å²) in [7, 11) is 0. The van der Waals surface area contributed by atoms with Gasteiger partial charge >= 0.3 is 30.8 Å². The van der Waals surface area contributed by atoms with Crippen molar-refractivity contribution in [2.75, 3.05) is 59.2 Å². The molecule has 2 atom stereocenters. The molecule has 2 N–H and O–H groups in total. The number of nitrogens with zero attached hydrogens (tertiary/aromatic N) is 4. The second kappa shape index (κ2) is 23.6. The molecule has 2 fully saturated rings. The second-order valence-electron chi connectivity index (χ2n) is 12.7. The Morgan fingerprint density at radius 1 is 0.755 bits per heavy atom. The molecule has 0 spiro atoms. The molecule has 0 amide bonds. The van der Waals surface area contributed by atoms with Crippen molar-refractivity contribution in [1.29, 1.82) is 0 Å². The third-order valence-corrected chi connectivity index (χ3v) is 7.92. The minimum atomic E-state index is -0.959. The molecule has 2 unspecified atom stereocenters. The molecule has 2 saturated heterocycles. The molecular formula is C34H53LiN4O10. The number of carbonyl (C=O) groups excluding carboxylic acids is 1. The summed E-state index contributed by atoms with van der Waals surface area (Å²) in [5.74, 6) is -0.804. The van der Waals surface area contributed by atoms with Crippen LogP contribution in [0.4, 0.5) is 0 Å². The zero-order chi connectivity index (χ0) is 35.6. The largest absolute Gasteiger partial charge is 1.00 e. The van der Waals surface area contributed by atoms with Crippen LogP contribution in [0.25, 0.3) is 0 Å². The van der Waals surface area contributed by atoms with Gasteiger partial charge in [-0.1, -0.05) is 39.8 Å². The molecule has 0 aromatic carbocycles. The molecule has 2 aliphatic heterocycles. The van der Waals surface area contributed by atoms with Gasteiger partial charge in [0.2, 0.25) is 0 Å². The molecule has 15 heteroatoms. The fourth-order valence-electron chi connectivity index (χ4n) is 5.60. The van der Waals surface area contributed by atoms with Gasteiger partial charge in [-0.2, -0.15) is 0 Å². The average molecular weight is 685 g/mol. The topological polar surface area (TPSA) is 176 Å². The monoisotopic (exact) mass is 684 g/mol. The first-order valence-electron chi connectivity index (χ1n) is 16.6. The number of aromatic nitrogens is 2. The fraction of sp³-hybridized carbons (Fsp3) is 0.647. The Hall–Kier alpha value is -2.80. The molecule has 4 rings (SSSR count). The quantitative estimate of drug-likeness (QED) is 0.114. The summed E-state index contributed by atoms with van der Waals surface area (Å²) in [5.41, 5.74) is 1.55. The number of aliphatic carboxylic acids is 1. The first-order chi connectivity index (χ1) is 23.0. The number of morpholine rings is 2. The van der Waals surface area contributed by atoms with Gasteiger partial charge in [0, 0.05) is 63.8 Å². The van der Waals surface area contributed by atoms with Crippen LogP contribution in [0.15, 0.2) is 46.2 Å². The minimum Gasteiger partial charge on any atom is -0.727 e. The number of carbonyl (C=O) groups is 2. The fourth-order valence-corrected chi connectivity index (χ4v) is 5.60. The summed E-state index contributed by atoms with van der Waals surface area (Å²) in [4.78, 5) is 52.7. The smallest absolute Gasteiger partial charge is 0.727 e. The van der Waals surface area contributed by atoms with Crippen molar-refractivity contribution in [3.05, 3.63) is 68.5 Å². The van der Waals surface area contributed by atoms with E-state index in [1.165, 1.54) is 15.2 Å². The minimum absolute atomic E-state index is 0. The molecule has 4 heterocycles. The van der Waals surface area contributed by atoms with Gasteiger partial charge in [-0.05, 0) is 42.7 Å². The summed E-state index contributed by atoms with van der Waals surface area (Å²) in [6, 6.07) is 5.25. The van der Waals surface area contributed by atoms with Gasteiger partial charge in [0.1, 0.15) is 12.1 Å². The summed E-state index contributed by atoms with van der Waals surface area (Å²) >= 11 is 0. The zero-order valence-electron chi connectivity index (χ0n) is 29.9. The molecule has 0 bridgehead atoms. The Morgan fingerprint density at radius 3 is 1.51 bits per heavy atom. The van der Waals surface area contributed by atoms with Gasteiger partial charge < -0.3 is 39.0 Å². The Labute approximate surface area is 300 Å². The molecule has 270 valence electrons. The SMILES string of the molecule is CC(C)CC(C(=O)O)n1cc(CN2CCOCC2)ccc1=O.CCOC(=O)C(CC(C)C)n1cc(CN2CCOCC2)ccc1=O.[Li+].[O-]O. The summed E-state index contributed by atoms with van der Waals surface area (Å²) in [5, 5.41) is 22.4. The molecule has 14 nitrogen and oxygen atoms in total. The zero-order valence-corrected chi connectivity index (χ0v) is 29.9. The summed E-state index contributed by atoms with van der Waals surface area (Å²) in [6.07, 6.45) is 4.52. The first kappa shape index (κ1) is 44.2. The van der Waals surface area contributed by atoms with Crippen LogP contribution in [0, 0.1) is 11.8 Å². The van der Waals surface area contributed by atoms with Crippen molar-refractivity contribution in [3.63, 3.8) is 0 Å². The molecular weight excluding hydrogens is 631 g/mol. The molecule has 2 aliphatic rings. The third-order valence-electron chi connectivity index (χ3n) is 7.92. The summed E-state index contributed by atoms with van der Waals surface area (Å²) in [6.45, 7) is 17.9. The van der Waals surface area contributed by atoms with Crippen LogP contribution in [0.3, 0.4) is 0 Å². The average Bonchev–Trinajstić information content (AvgIpc) is 3.06. The molecule has 0 aliphatic carbocycles. The number of pyridine rings is 2. The van der Waals surface area contributed by atoms with Crippen molar-refractivity contribution in [2.45, 2.75) is 72.6 Å². The van der Waals surface area contributed by atoms with Crippen molar-refractivity contribution >= 4 is 11.9 Å². The van der Waals surface area contributed by atoms with Gasteiger partial charge in [-0.3, -0.25) is 19.4 Å². The van der Waals surface area contributed by atoms with Gasteiger partial charge in [0.05, 0.1) is 33.0 Å². The van der Waals surface area contributed by atoms with E-state index in [1.54, 1.807) is 25.3 Å². The number of hydrogen-bond donors (Lipinski definition) is 2. The van der Waals surface area contributed by atoms with Crippen molar-refractivity contribution < 1.29 is 58.3 Å². The van der Waals surface area contributed by atoms with Crippen LogP contribution in [0.5, 0.6) is 0 Å². The number of rotatable bonds is 13. The maximum Gasteiger partial charge on any atom is 1.00 e. The first-order valence-corrected chi connectivity index (χ1v) is 16.6. The van der Waals surface area contributed by atoms with E-state index in [0.717, 1.165) is 57.1 Å². The van der Waals surface area contributed by atoms with Crippen LogP contribution in [0.2, 0.25) is 0 Å². The normalized spacial score (nSPS) is 16.3. The molecule has 2 aromatic rings. The predicted molar refractivity (Wildman–Crippen MR) is 177 cm³/mol. The predicted octanol–water partition coefficient (Wildman–Crippen LogP) is -0.993. The van der Waals surface area contributed by atoms with Crippen LogP contribution in [0.1, 0.15) is 70.7 Å². The van der Waals surface area contributed by atoms with Crippen molar-refractivity contribution in [1.82, 2.24) is 18.9 Å². The van der Waals surface area contributed by atoms with E-state index in [0.29, 0.717) is 39.2 Å². The molecule has 0 saturated carbocycles. The van der Waals surface area contributed by atoms with Gasteiger partial charge in [0.25, 0.3) is 11.1 Å². The van der Waals surface area contributed by atoms with E-state index >= 15 is 0 Å². The van der Waals surface area contributed by atoms with E-state index in [1.807, 2.05) is 40.0 Å². The van der Waals surface area contributed by atoms with Gasteiger partial charge in [0.15, 0.2) is 0 Å². The Balaban J connectivity index is 0.000000459. The Morgan fingerprint density at radius 2 is 1.14 bits per heavy atom. The third kappa shape index (κ3) is 15.3. The van der Waals surface area contributed by atoms with E-state index in [-0.39, 0.29) is 47.8 Å². The number of ether oxygens (including phenoxy) is 3. The summed E-state index contributed by atoms with van der Waals surface area (Å²) < 4.78 is 18.8. The molecule has 2 aromatic heterocycles. The van der Waals surface area contributed by atoms with E-state index in [2.05, 4.69) is 9.80 Å². The van der Waals surface area contributed by atoms with E-state index in [9.17, 15) is 24.3 Å². The molecule has 0 radical (unpaired) electrons. The van der Waals surface area contributed by atoms with Gasteiger partial charge in [-0.15, -0.1) is 0 Å². The number of carboxylic acids is 1. The van der Waals surface area contributed by atoms with Crippen LogP contribution >= 0.6 is 0 Å². The Bertz CT molecular complexity index is 1370. The maximum absolute atomic E-state index is 12.3. The van der Waals surface area contributed by atoms with E-state index < -0.39 is 18.1 Å². The van der Waals surface area contributed by atoms with Crippen LogP contribution in [-0.2, 0) is 36.9 Å². The van der Waals surface area contributed by atoms with E-state index in [4.69, 9.17) is 24.7 Å². The Kier molecular flexibility index (Phi) is 21.3. The molecule has 49 heavy (non-hydrogen) atoms. The second-order valence-corrected chi connectivity index (χ2v) is 12.7. The van der Waals surface area contributed by atoms with Crippen molar-refractivity contribution in [3.8, 4) is 0 Å². The van der Waals surface area contributed by atoms with Crippen molar-refractivity contribution in [2.24, 2.45) is 11.8 Å². The van der Waals surface area contributed by atoms with Crippen LogP contribution in [-0.4, -0.2) is 100 Å². The van der Waals surface area contributed by atoms with Gasteiger partial charge in [-0.25, -0.2) is 9.59 Å². The van der Waals surface area contributed by atoms with Crippen LogP contribution < -0.4 is 35.2 Å². The number of esters is 1. The maximum atomic E-state index is 12.3.